The Bertz CT molecular complexity index is 1710. The van der Waals surface area contributed by atoms with E-state index in [9.17, 15) is 4.79 Å². The molecule has 0 saturated carbocycles. The zero-order valence-corrected chi connectivity index (χ0v) is 24.3. The number of benzene rings is 2. The monoisotopic (exact) mass is 570 g/mol. The van der Waals surface area contributed by atoms with Crippen LogP contribution in [0.2, 0.25) is 5.02 Å². The first kappa shape index (κ1) is 27.9. The number of nitrogens with one attached hydrogen (secondary N) is 1. The number of carbonyl (C=O) groups excluding carboxylic acids is 1. The van der Waals surface area contributed by atoms with E-state index in [0.29, 0.717) is 22.3 Å². The van der Waals surface area contributed by atoms with Crippen molar-refractivity contribution in [1.29, 1.82) is 0 Å². The molecule has 0 aliphatic rings. The summed E-state index contributed by atoms with van der Waals surface area (Å²) in [6.07, 6.45) is 1.60. The van der Waals surface area contributed by atoms with Crippen LogP contribution in [-0.4, -0.2) is 28.4 Å². The van der Waals surface area contributed by atoms with Gasteiger partial charge in [-0.1, -0.05) is 11.6 Å². The second-order valence-corrected chi connectivity index (χ2v) is 10.1. The van der Waals surface area contributed by atoms with Crippen LogP contribution in [0, 0.1) is 27.7 Å². The van der Waals surface area contributed by atoms with Crippen LogP contribution in [0.25, 0.3) is 11.4 Å². The fourth-order valence-electron chi connectivity index (χ4n) is 4.84. The smallest absolute Gasteiger partial charge is 0.307 e. The van der Waals surface area contributed by atoms with Gasteiger partial charge in [0.1, 0.15) is 23.9 Å². The second kappa shape index (κ2) is 11.8. The maximum Gasteiger partial charge on any atom is 0.307 e. The fraction of sp³-hybridized carbons (Fsp3) is 0.188. The third kappa shape index (κ3) is 5.93. The van der Waals surface area contributed by atoms with E-state index < -0.39 is 5.91 Å². The zero-order valence-electron chi connectivity index (χ0n) is 23.6. The Kier molecular flexibility index (Phi) is 8.03. The van der Waals surface area contributed by atoms with Crippen LogP contribution in [-0.2, 0) is 6.61 Å². The maximum absolute atomic E-state index is 12.6. The first-order chi connectivity index (χ1) is 19.7. The van der Waals surface area contributed by atoms with Crippen molar-refractivity contribution < 1.29 is 18.7 Å². The number of nitrogens with zero attached hydrogens (tertiary/aromatic N) is 3. The molecule has 0 atom stereocenters. The molecule has 41 heavy (non-hydrogen) atoms. The van der Waals surface area contributed by atoms with E-state index in [1.54, 1.807) is 31.5 Å². The summed E-state index contributed by atoms with van der Waals surface area (Å²) in [5.41, 5.74) is 9.49. The van der Waals surface area contributed by atoms with Gasteiger partial charge in [-0.3, -0.25) is 4.79 Å². The second-order valence-electron chi connectivity index (χ2n) is 9.68. The molecule has 2 aromatic carbocycles. The van der Waals surface area contributed by atoms with E-state index in [1.807, 2.05) is 60.9 Å². The van der Waals surface area contributed by atoms with E-state index in [0.717, 1.165) is 28.3 Å². The summed E-state index contributed by atoms with van der Waals surface area (Å²) in [4.78, 5) is 12.6. The van der Waals surface area contributed by atoms with Crippen molar-refractivity contribution in [1.82, 2.24) is 14.6 Å². The van der Waals surface area contributed by atoms with Crippen molar-refractivity contribution in [3.05, 3.63) is 118 Å². The standard InChI is InChI=1S/C32H31ClN4O4/c1-20-6-7-21(2)36(20)26-9-11-27(12-10-26)40-19-28-13-15-31(41-28)32(38)35-34-18-24-16-22(3)37(23(24)4)29-17-25(33)8-14-30(29)39-5/h6-18H,19H2,1-5H3,(H,35,38)/b34-18+. The number of amides is 1. The first-order valence-corrected chi connectivity index (χ1v) is 13.5. The van der Waals surface area contributed by atoms with E-state index >= 15 is 0 Å². The summed E-state index contributed by atoms with van der Waals surface area (Å²) < 4.78 is 21.3. The molecule has 5 rings (SSSR count). The molecule has 0 spiro atoms. The number of carbonyl (C=O) groups is 1. The van der Waals surface area contributed by atoms with Crippen molar-refractivity contribution in [2.24, 2.45) is 5.10 Å². The Morgan fingerprint density at radius 1 is 0.927 bits per heavy atom. The van der Waals surface area contributed by atoms with Gasteiger partial charge in [0.2, 0.25) is 0 Å². The number of methoxy groups -OCH3 is 1. The minimum atomic E-state index is -0.459. The molecule has 1 amide bonds. The van der Waals surface area contributed by atoms with Crippen molar-refractivity contribution in [2.45, 2.75) is 34.3 Å². The Morgan fingerprint density at radius 3 is 2.37 bits per heavy atom. The molecule has 210 valence electrons. The van der Waals surface area contributed by atoms with Gasteiger partial charge in [0.05, 0.1) is 19.0 Å². The molecule has 0 aliphatic carbocycles. The molecule has 0 radical (unpaired) electrons. The molecule has 9 heteroatoms. The molecule has 0 aliphatic heterocycles. The Morgan fingerprint density at radius 2 is 1.66 bits per heavy atom. The van der Waals surface area contributed by atoms with Gasteiger partial charge in [0.25, 0.3) is 0 Å². The van der Waals surface area contributed by atoms with Crippen LogP contribution < -0.4 is 14.9 Å². The number of hydrazone groups is 1. The number of aryl methyl sites for hydroxylation is 3. The Labute approximate surface area is 243 Å². The minimum absolute atomic E-state index is 0.142. The number of hydrogen-bond acceptors (Lipinski definition) is 5. The molecule has 8 nitrogen and oxygen atoms in total. The summed E-state index contributed by atoms with van der Waals surface area (Å²) in [6.45, 7) is 8.29. The summed E-state index contributed by atoms with van der Waals surface area (Å²) >= 11 is 6.24. The third-order valence-corrected chi connectivity index (χ3v) is 7.09. The number of rotatable bonds is 9. The van der Waals surface area contributed by atoms with Crippen molar-refractivity contribution in [2.75, 3.05) is 7.11 Å². The highest BCUT2D eigenvalue weighted by molar-refractivity contribution is 6.30. The number of ether oxygens (including phenoxy) is 2. The molecular formula is C32H31ClN4O4. The average Bonchev–Trinajstić information content (AvgIpc) is 3.65. The van der Waals surface area contributed by atoms with E-state index in [4.69, 9.17) is 25.5 Å². The lowest BCUT2D eigenvalue weighted by Gasteiger charge is -2.14. The van der Waals surface area contributed by atoms with Gasteiger partial charge < -0.3 is 23.0 Å². The lowest BCUT2D eigenvalue weighted by Crippen LogP contribution is -2.16. The van der Waals surface area contributed by atoms with Gasteiger partial charge in [-0.05, 0) is 100 Å². The Hall–Kier alpha value is -4.69. The molecule has 0 fully saturated rings. The van der Waals surface area contributed by atoms with E-state index in [1.165, 1.54) is 11.4 Å². The van der Waals surface area contributed by atoms with Gasteiger partial charge in [0, 0.05) is 39.0 Å². The lowest BCUT2D eigenvalue weighted by atomic mass is 10.2. The number of halogens is 1. The minimum Gasteiger partial charge on any atom is -0.495 e. The SMILES string of the molecule is COc1ccc(Cl)cc1-n1c(C)cc(/C=N/NC(=O)c2ccc(COc3ccc(-n4c(C)ccc4C)cc3)o2)c1C. The number of aromatic nitrogens is 2. The van der Waals surface area contributed by atoms with Crippen LogP contribution >= 0.6 is 11.6 Å². The summed E-state index contributed by atoms with van der Waals surface area (Å²) in [5, 5.41) is 4.75. The van der Waals surface area contributed by atoms with Crippen LogP contribution in [0.3, 0.4) is 0 Å². The average molecular weight is 571 g/mol. The number of furan rings is 1. The maximum atomic E-state index is 12.6. The van der Waals surface area contributed by atoms with Gasteiger partial charge in [0.15, 0.2) is 5.76 Å². The molecule has 0 bridgehead atoms. The number of hydrogen-bond donors (Lipinski definition) is 1. The van der Waals surface area contributed by atoms with E-state index in [2.05, 4.69) is 41.1 Å². The van der Waals surface area contributed by atoms with Crippen molar-refractivity contribution in [3.63, 3.8) is 0 Å². The zero-order chi connectivity index (χ0) is 29.1. The van der Waals surface area contributed by atoms with Crippen LogP contribution in [0.5, 0.6) is 11.5 Å². The van der Waals surface area contributed by atoms with Gasteiger partial charge in [-0.15, -0.1) is 0 Å². The summed E-state index contributed by atoms with van der Waals surface area (Å²) in [6, 6.07) is 22.8. The lowest BCUT2D eigenvalue weighted by molar-refractivity contribution is 0.0923. The third-order valence-electron chi connectivity index (χ3n) is 6.85. The highest BCUT2D eigenvalue weighted by Crippen LogP contribution is 2.30. The summed E-state index contributed by atoms with van der Waals surface area (Å²) in [7, 11) is 1.62. The van der Waals surface area contributed by atoms with Gasteiger partial charge in [-0.25, -0.2) is 5.43 Å². The van der Waals surface area contributed by atoms with Crippen molar-refractivity contribution in [3.8, 4) is 22.9 Å². The molecular weight excluding hydrogens is 540 g/mol. The first-order valence-electron chi connectivity index (χ1n) is 13.1. The molecule has 3 aromatic heterocycles. The van der Waals surface area contributed by atoms with Crippen LogP contribution in [0.1, 0.15) is 44.7 Å². The fourth-order valence-corrected chi connectivity index (χ4v) is 5.01. The predicted octanol–water partition coefficient (Wildman–Crippen LogP) is 7.10. The quantitative estimate of drug-likeness (QED) is 0.151. The summed E-state index contributed by atoms with van der Waals surface area (Å²) in [5.74, 6) is 1.61. The highest BCUT2D eigenvalue weighted by Gasteiger charge is 2.15. The van der Waals surface area contributed by atoms with Crippen LogP contribution in [0.4, 0.5) is 0 Å². The normalized spacial score (nSPS) is 11.3. The molecule has 3 heterocycles. The van der Waals surface area contributed by atoms with E-state index in [-0.39, 0.29) is 12.4 Å². The van der Waals surface area contributed by atoms with Crippen molar-refractivity contribution >= 4 is 23.7 Å². The van der Waals surface area contributed by atoms with Crippen LogP contribution in [0.15, 0.2) is 82.3 Å². The molecule has 1 N–H and O–H groups in total. The molecule has 0 unspecified atom stereocenters. The predicted molar refractivity (Wildman–Crippen MR) is 160 cm³/mol. The topological polar surface area (TPSA) is 82.9 Å². The molecule has 0 saturated heterocycles. The highest BCUT2D eigenvalue weighted by atomic mass is 35.5. The van der Waals surface area contributed by atoms with Gasteiger partial charge in [-0.2, -0.15) is 5.10 Å². The molecule has 5 aromatic rings. The van der Waals surface area contributed by atoms with Gasteiger partial charge >= 0.3 is 5.91 Å². The Balaban J connectivity index is 1.19. The largest absolute Gasteiger partial charge is 0.495 e.